The highest BCUT2D eigenvalue weighted by Crippen LogP contribution is 2.26. The molecule has 4 nitrogen and oxygen atoms in total. The van der Waals surface area contributed by atoms with Crippen molar-refractivity contribution in [1.29, 1.82) is 0 Å². The number of aromatic nitrogens is 2. The van der Waals surface area contributed by atoms with Crippen LogP contribution in [0.5, 0.6) is 0 Å². The predicted molar refractivity (Wildman–Crippen MR) is 58.1 cm³/mol. The van der Waals surface area contributed by atoms with Crippen LogP contribution in [-0.2, 0) is 0 Å². The summed E-state index contributed by atoms with van der Waals surface area (Å²) < 4.78 is 24.6. The number of hydrogen-bond acceptors (Lipinski definition) is 4. The minimum Gasteiger partial charge on any atom is -0.363 e. The van der Waals surface area contributed by atoms with Crippen molar-refractivity contribution in [3.8, 4) is 0 Å². The van der Waals surface area contributed by atoms with E-state index in [2.05, 4.69) is 9.97 Å². The lowest BCUT2D eigenvalue weighted by Gasteiger charge is -2.38. The van der Waals surface area contributed by atoms with Crippen LogP contribution in [0.2, 0.25) is 0 Å². The third kappa shape index (κ3) is 2.05. The molecule has 0 amide bonds. The fourth-order valence-corrected chi connectivity index (χ4v) is 1.58. The third-order valence-corrected chi connectivity index (χ3v) is 2.64. The van der Waals surface area contributed by atoms with Crippen molar-refractivity contribution in [3.63, 3.8) is 0 Å². The molecule has 0 aliphatic carbocycles. The molecule has 2 heterocycles. The molecule has 6 heteroatoms. The molecule has 0 spiro atoms. The summed E-state index contributed by atoms with van der Waals surface area (Å²) in [7, 11) is 3.76. The van der Waals surface area contributed by atoms with Crippen LogP contribution in [-0.4, -0.2) is 43.6 Å². The van der Waals surface area contributed by atoms with E-state index in [1.54, 1.807) is 17.2 Å². The first kappa shape index (κ1) is 11.0. The Morgan fingerprint density at radius 2 is 2.12 bits per heavy atom. The van der Waals surface area contributed by atoms with Gasteiger partial charge in [0.15, 0.2) is 0 Å². The summed E-state index contributed by atoms with van der Waals surface area (Å²) in [5.74, 6) is 0.778. The topological polar surface area (TPSA) is 32.3 Å². The van der Waals surface area contributed by atoms with Crippen molar-refractivity contribution >= 4 is 11.8 Å². The normalized spacial score (nSPS) is 16.4. The quantitative estimate of drug-likeness (QED) is 0.779. The van der Waals surface area contributed by atoms with Gasteiger partial charge < -0.3 is 9.80 Å². The highest BCUT2D eigenvalue weighted by molar-refractivity contribution is 5.43. The first-order valence-electron chi connectivity index (χ1n) is 5.11. The van der Waals surface area contributed by atoms with Gasteiger partial charge in [-0.05, 0) is 6.07 Å². The Labute approximate surface area is 92.9 Å². The summed E-state index contributed by atoms with van der Waals surface area (Å²) in [6.45, 7) is 0.684. The zero-order chi connectivity index (χ0) is 11.7. The molecule has 16 heavy (non-hydrogen) atoms. The fraction of sp³-hybridized carbons (Fsp3) is 0.600. The Kier molecular flexibility index (Phi) is 2.89. The van der Waals surface area contributed by atoms with Crippen molar-refractivity contribution in [2.24, 2.45) is 5.92 Å². The van der Waals surface area contributed by atoms with E-state index >= 15 is 0 Å². The minimum absolute atomic E-state index is 0.342. The van der Waals surface area contributed by atoms with Crippen LogP contribution >= 0.6 is 0 Å². The van der Waals surface area contributed by atoms with Crippen LogP contribution in [0, 0.1) is 5.92 Å². The molecule has 0 N–H and O–H groups in total. The van der Waals surface area contributed by atoms with Crippen molar-refractivity contribution in [2.45, 2.75) is 6.43 Å². The summed E-state index contributed by atoms with van der Waals surface area (Å²) >= 11 is 0. The van der Waals surface area contributed by atoms with Crippen LogP contribution < -0.4 is 9.80 Å². The van der Waals surface area contributed by atoms with Crippen LogP contribution in [0.3, 0.4) is 0 Å². The van der Waals surface area contributed by atoms with Gasteiger partial charge in [-0.1, -0.05) is 0 Å². The fourth-order valence-electron chi connectivity index (χ4n) is 1.58. The monoisotopic (exact) mass is 228 g/mol. The van der Waals surface area contributed by atoms with E-state index in [4.69, 9.17) is 0 Å². The first-order valence-corrected chi connectivity index (χ1v) is 5.11. The number of halogens is 2. The minimum atomic E-state index is -2.24. The molecule has 0 bridgehead atoms. The Hall–Kier alpha value is -1.46. The van der Waals surface area contributed by atoms with E-state index in [1.165, 1.54) is 0 Å². The van der Waals surface area contributed by atoms with Gasteiger partial charge >= 0.3 is 0 Å². The molecular formula is C10H14F2N4. The second-order valence-corrected chi connectivity index (χ2v) is 4.11. The lowest BCUT2D eigenvalue weighted by atomic mass is 10.0. The molecule has 0 radical (unpaired) electrons. The molecule has 1 aromatic rings. The lowest BCUT2D eigenvalue weighted by molar-refractivity contribution is 0.0608. The Bertz CT molecular complexity index is 364. The number of hydrogen-bond donors (Lipinski definition) is 0. The van der Waals surface area contributed by atoms with Crippen LogP contribution in [0.25, 0.3) is 0 Å². The summed E-state index contributed by atoms with van der Waals surface area (Å²) in [6, 6.07) is 1.79. The molecule has 0 atom stereocenters. The maximum Gasteiger partial charge on any atom is 0.244 e. The molecule has 0 aromatic carbocycles. The second kappa shape index (κ2) is 4.19. The third-order valence-electron chi connectivity index (χ3n) is 2.64. The predicted octanol–water partition coefficient (Wildman–Crippen LogP) is 1.24. The van der Waals surface area contributed by atoms with Crippen molar-refractivity contribution < 1.29 is 8.78 Å². The van der Waals surface area contributed by atoms with Gasteiger partial charge in [-0.3, -0.25) is 0 Å². The summed E-state index contributed by atoms with van der Waals surface area (Å²) in [5.41, 5.74) is 0. The molecule has 88 valence electrons. The van der Waals surface area contributed by atoms with E-state index < -0.39 is 12.3 Å². The number of alkyl halides is 2. The standard InChI is InChI=1S/C10H14F2N4/c1-15(2)8-3-4-13-10(14-8)16-5-7(6-16)9(11)12/h3-4,7,9H,5-6H2,1-2H3. The molecule has 0 unspecified atom stereocenters. The average Bonchev–Trinajstić information content (AvgIpc) is 2.15. The Morgan fingerprint density at radius 1 is 1.44 bits per heavy atom. The first-order chi connectivity index (χ1) is 7.58. The molecule has 1 saturated heterocycles. The van der Waals surface area contributed by atoms with Gasteiger partial charge in [-0.2, -0.15) is 4.98 Å². The average molecular weight is 228 g/mol. The molecule has 1 fully saturated rings. The highest BCUT2D eigenvalue weighted by atomic mass is 19.3. The maximum atomic E-state index is 12.3. The van der Waals surface area contributed by atoms with Crippen LogP contribution in [0.1, 0.15) is 0 Å². The summed E-state index contributed by atoms with van der Waals surface area (Å²) in [6.07, 6.45) is -0.596. The van der Waals surface area contributed by atoms with Crippen molar-refractivity contribution in [1.82, 2.24) is 9.97 Å². The van der Waals surface area contributed by atoms with Gasteiger partial charge in [0.2, 0.25) is 12.4 Å². The van der Waals surface area contributed by atoms with Gasteiger partial charge in [-0.15, -0.1) is 0 Å². The molecular weight excluding hydrogens is 214 g/mol. The van der Waals surface area contributed by atoms with Crippen molar-refractivity contribution in [2.75, 3.05) is 37.0 Å². The van der Waals surface area contributed by atoms with Crippen LogP contribution in [0.15, 0.2) is 12.3 Å². The van der Waals surface area contributed by atoms with E-state index in [9.17, 15) is 8.78 Å². The maximum absolute atomic E-state index is 12.3. The highest BCUT2D eigenvalue weighted by Gasteiger charge is 2.35. The number of nitrogens with zero attached hydrogens (tertiary/aromatic N) is 4. The van der Waals surface area contributed by atoms with Gasteiger partial charge in [0, 0.05) is 33.4 Å². The molecule has 0 saturated carbocycles. The van der Waals surface area contributed by atoms with E-state index in [0.717, 1.165) is 5.82 Å². The Balaban J connectivity index is 2.03. The SMILES string of the molecule is CN(C)c1ccnc(N2CC(C(F)F)C2)n1. The Morgan fingerprint density at radius 3 is 2.69 bits per heavy atom. The summed E-state index contributed by atoms with van der Waals surface area (Å²) in [5, 5.41) is 0. The van der Waals surface area contributed by atoms with Crippen molar-refractivity contribution in [3.05, 3.63) is 12.3 Å². The molecule has 2 rings (SSSR count). The van der Waals surface area contributed by atoms with Crippen LogP contribution in [0.4, 0.5) is 20.5 Å². The molecule has 1 aromatic heterocycles. The summed E-state index contributed by atoms with van der Waals surface area (Å²) in [4.78, 5) is 12.0. The molecule has 1 aliphatic heterocycles. The zero-order valence-corrected chi connectivity index (χ0v) is 9.27. The van der Waals surface area contributed by atoms with E-state index in [0.29, 0.717) is 19.0 Å². The number of rotatable bonds is 3. The second-order valence-electron chi connectivity index (χ2n) is 4.11. The van der Waals surface area contributed by atoms with E-state index in [-0.39, 0.29) is 0 Å². The van der Waals surface area contributed by atoms with Gasteiger partial charge in [0.05, 0.1) is 5.92 Å². The molecule has 1 aliphatic rings. The van der Waals surface area contributed by atoms with Gasteiger partial charge in [0.1, 0.15) is 5.82 Å². The van der Waals surface area contributed by atoms with Gasteiger partial charge in [0.25, 0.3) is 0 Å². The lowest BCUT2D eigenvalue weighted by Crippen LogP contribution is -2.50. The largest absolute Gasteiger partial charge is 0.363 e. The van der Waals surface area contributed by atoms with Gasteiger partial charge in [-0.25, -0.2) is 13.8 Å². The smallest absolute Gasteiger partial charge is 0.244 e. The zero-order valence-electron chi connectivity index (χ0n) is 9.27. The number of anilines is 2. The van der Waals surface area contributed by atoms with E-state index in [1.807, 2.05) is 19.0 Å².